The minimum absolute atomic E-state index is 0.0700. The molecule has 34 heavy (non-hydrogen) atoms. The molecule has 2 aliphatic rings. The lowest BCUT2D eigenvalue weighted by molar-refractivity contribution is 0.0772. The highest BCUT2D eigenvalue weighted by Gasteiger charge is 2.32. The number of anilines is 1. The summed E-state index contributed by atoms with van der Waals surface area (Å²) in [6.07, 6.45) is 0.0718. The van der Waals surface area contributed by atoms with E-state index in [9.17, 15) is 27.1 Å². The summed E-state index contributed by atoms with van der Waals surface area (Å²) in [5.41, 5.74) is -0.434. The molecule has 2 N–H and O–H groups in total. The van der Waals surface area contributed by atoms with Gasteiger partial charge in [0.15, 0.2) is 5.75 Å². The van der Waals surface area contributed by atoms with E-state index in [1.165, 1.54) is 4.90 Å². The molecule has 1 amide bonds. The SMILES string of the molecule is O=C1c2cc(Cl)c(O)c(c2)S(=O)(=O)Nc2cc(c(F)cc2F)-c2ccccc2O[C@H]2CCN1C2. The number of halogens is 3. The van der Waals surface area contributed by atoms with E-state index in [-0.39, 0.29) is 28.3 Å². The number of fused-ring (bicyclic) bond motifs is 8. The average molecular weight is 507 g/mol. The van der Waals surface area contributed by atoms with Crippen molar-refractivity contribution in [3.05, 3.63) is 70.8 Å². The number of carbonyl (C=O) groups is 1. The van der Waals surface area contributed by atoms with E-state index in [4.69, 9.17) is 16.3 Å². The van der Waals surface area contributed by atoms with E-state index < -0.39 is 50.0 Å². The largest absolute Gasteiger partial charge is 0.505 e. The number of aromatic hydroxyl groups is 1. The molecular weight excluding hydrogens is 490 g/mol. The number of carbonyl (C=O) groups excluding carboxylic acids is 1. The molecule has 1 fully saturated rings. The van der Waals surface area contributed by atoms with Gasteiger partial charge in [-0.3, -0.25) is 9.52 Å². The zero-order valence-corrected chi connectivity index (χ0v) is 19.0. The number of phenols is 1. The van der Waals surface area contributed by atoms with E-state index in [1.807, 2.05) is 4.72 Å². The number of ether oxygens (including phenoxy) is 1. The second-order valence-electron chi connectivity index (χ2n) is 8.00. The normalized spacial score (nSPS) is 18.9. The number of phenolic OH excluding ortho intramolecular Hbond substituents is 1. The molecule has 5 rings (SSSR count). The first-order valence-corrected chi connectivity index (χ1v) is 12.1. The Balaban J connectivity index is 1.75. The van der Waals surface area contributed by atoms with Crippen LogP contribution < -0.4 is 9.46 Å². The van der Waals surface area contributed by atoms with Gasteiger partial charge in [0.05, 0.1) is 17.3 Å². The molecule has 6 bridgehead atoms. The molecule has 0 aliphatic carbocycles. The van der Waals surface area contributed by atoms with Gasteiger partial charge in [0.2, 0.25) is 0 Å². The molecule has 0 unspecified atom stereocenters. The molecule has 7 nitrogen and oxygen atoms in total. The first-order chi connectivity index (χ1) is 16.1. The van der Waals surface area contributed by atoms with Crippen LogP contribution >= 0.6 is 11.6 Å². The Morgan fingerprint density at radius 2 is 1.85 bits per heavy atom. The number of sulfonamides is 1. The molecule has 1 atom stereocenters. The van der Waals surface area contributed by atoms with Gasteiger partial charge in [-0.15, -0.1) is 0 Å². The summed E-state index contributed by atoms with van der Waals surface area (Å²) in [5, 5.41) is 9.96. The third-order valence-electron chi connectivity index (χ3n) is 5.77. The predicted octanol–water partition coefficient (Wildman–Crippen LogP) is 4.40. The highest BCUT2D eigenvalue weighted by atomic mass is 35.5. The molecule has 11 heteroatoms. The van der Waals surface area contributed by atoms with Crippen molar-refractivity contribution in [2.45, 2.75) is 17.4 Å². The number of hydrogen-bond donors (Lipinski definition) is 2. The minimum Gasteiger partial charge on any atom is -0.505 e. The third-order valence-corrected chi connectivity index (χ3v) is 7.44. The average Bonchev–Trinajstić information content (AvgIpc) is 3.25. The van der Waals surface area contributed by atoms with Crippen molar-refractivity contribution in [3.63, 3.8) is 0 Å². The Bertz CT molecular complexity index is 1450. The minimum atomic E-state index is -4.63. The van der Waals surface area contributed by atoms with Crippen molar-refractivity contribution in [1.82, 2.24) is 4.90 Å². The van der Waals surface area contributed by atoms with E-state index in [0.29, 0.717) is 24.8 Å². The first kappa shape index (κ1) is 22.4. The van der Waals surface area contributed by atoms with Crippen LogP contribution in [0.4, 0.5) is 14.5 Å². The number of amides is 1. The third kappa shape index (κ3) is 3.82. The summed E-state index contributed by atoms with van der Waals surface area (Å²) in [5.74, 6) is -3.10. The summed E-state index contributed by atoms with van der Waals surface area (Å²) in [6, 6.07) is 10.2. The molecule has 0 aromatic heterocycles. The zero-order chi connectivity index (χ0) is 24.2. The van der Waals surface area contributed by atoms with Gasteiger partial charge in [0.1, 0.15) is 28.4 Å². The monoisotopic (exact) mass is 506 g/mol. The second-order valence-corrected chi connectivity index (χ2v) is 10.1. The zero-order valence-electron chi connectivity index (χ0n) is 17.4. The maximum atomic E-state index is 14.8. The van der Waals surface area contributed by atoms with Crippen LogP contribution in [0, 0.1) is 11.6 Å². The molecule has 2 aliphatic heterocycles. The number of para-hydroxylation sites is 1. The molecule has 2 heterocycles. The molecule has 1 saturated heterocycles. The van der Waals surface area contributed by atoms with Crippen LogP contribution in [0.5, 0.6) is 11.5 Å². The van der Waals surface area contributed by atoms with Crippen molar-refractivity contribution >= 4 is 33.2 Å². The van der Waals surface area contributed by atoms with Gasteiger partial charge < -0.3 is 14.7 Å². The van der Waals surface area contributed by atoms with Gasteiger partial charge >= 0.3 is 0 Å². The fourth-order valence-electron chi connectivity index (χ4n) is 4.10. The molecule has 0 saturated carbocycles. The first-order valence-electron chi connectivity index (χ1n) is 10.2. The predicted molar refractivity (Wildman–Crippen MR) is 121 cm³/mol. The van der Waals surface area contributed by atoms with Crippen LogP contribution in [-0.2, 0) is 10.0 Å². The summed E-state index contributed by atoms with van der Waals surface area (Å²) in [4.78, 5) is 13.8. The standard InChI is InChI=1S/C23H17ClF2N2O5S/c24-16-7-12-8-21(22(16)29)34(31,32)27-19-9-15(17(25)10-18(19)26)14-3-1-2-4-20(14)33-13-5-6-28(11-13)23(12)30/h1-4,7-10,13,27,29H,5-6,11H2/t13-/m0/s1. The van der Waals surface area contributed by atoms with Crippen LogP contribution in [0.3, 0.4) is 0 Å². The molecule has 3 aromatic carbocycles. The van der Waals surface area contributed by atoms with Gasteiger partial charge in [0.25, 0.3) is 15.9 Å². The number of hydrogen-bond acceptors (Lipinski definition) is 5. The molecule has 3 aromatic rings. The Hall–Kier alpha value is -3.37. The topological polar surface area (TPSA) is 95.9 Å². The quantitative estimate of drug-likeness (QED) is 0.471. The Kier molecular flexibility index (Phi) is 5.37. The van der Waals surface area contributed by atoms with E-state index in [2.05, 4.69) is 0 Å². The van der Waals surface area contributed by atoms with E-state index in [1.54, 1.807) is 24.3 Å². The molecular formula is C23H17ClF2N2O5S. The Morgan fingerprint density at radius 1 is 1.09 bits per heavy atom. The van der Waals surface area contributed by atoms with Crippen LogP contribution in [0.15, 0.2) is 53.4 Å². The lowest BCUT2D eigenvalue weighted by Gasteiger charge is -2.19. The smallest absolute Gasteiger partial charge is 0.265 e. The van der Waals surface area contributed by atoms with Crippen LogP contribution in [0.1, 0.15) is 16.8 Å². The number of rotatable bonds is 0. The van der Waals surface area contributed by atoms with Crippen LogP contribution in [-0.4, -0.2) is 43.5 Å². The summed E-state index contributed by atoms with van der Waals surface area (Å²) in [6.45, 7) is 0.530. The van der Waals surface area contributed by atoms with Gasteiger partial charge in [-0.2, -0.15) is 0 Å². The summed E-state index contributed by atoms with van der Waals surface area (Å²) < 4.78 is 63.7. The lowest BCUT2D eigenvalue weighted by Crippen LogP contribution is -2.31. The molecule has 0 radical (unpaired) electrons. The van der Waals surface area contributed by atoms with Crippen molar-refractivity contribution in [1.29, 1.82) is 0 Å². The van der Waals surface area contributed by atoms with Gasteiger partial charge in [0, 0.05) is 35.7 Å². The van der Waals surface area contributed by atoms with Crippen molar-refractivity contribution < 1.29 is 31.8 Å². The Morgan fingerprint density at radius 3 is 2.65 bits per heavy atom. The van der Waals surface area contributed by atoms with Gasteiger partial charge in [-0.25, -0.2) is 17.2 Å². The maximum absolute atomic E-state index is 14.8. The molecule has 0 spiro atoms. The molecule has 176 valence electrons. The second kappa shape index (κ2) is 8.14. The van der Waals surface area contributed by atoms with Gasteiger partial charge in [-0.1, -0.05) is 29.8 Å². The summed E-state index contributed by atoms with van der Waals surface area (Å²) in [7, 11) is -4.63. The summed E-state index contributed by atoms with van der Waals surface area (Å²) >= 11 is 6.02. The van der Waals surface area contributed by atoms with Crippen LogP contribution in [0.2, 0.25) is 5.02 Å². The fourth-order valence-corrected chi connectivity index (χ4v) is 5.58. The van der Waals surface area contributed by atoms with Gasteiger partial charge in [-0.05, 0) is 24.3 Å². The van der Waals surface area contributed by atoms with Crippen molar-refractivity contribution in [2.24, 2.45) is 0 Å². The highest BCUT2D eigenvalue weighted by molar-refractivity contribution is 7.92. The maximum Gasteiger partial charge on any atom is 0.265 e. The number of benzene rings is 3. The lowest BCUT2D eigenvalue weighted by atomic mass is 10.0. The fraction of sp³-hybridized carbons (Fsp3) is 0.174. The van der Waals surface area contributed by atoms with Crippen molar-refractivity contribution in [2.75, 3.05) is 17.8 Å². The Labute approximate surface area is 198 Å². The number of nitrogens with zero attached hydrogens (tertiary/aromatic N) is 1. The van der Waals surface area contributed by atoms with Crippen LogP contribution in [0.25, 0.3) is 11.1 Å². The highest BCUT2D eigenvalue weighted by Crippen LogP contribution is 2.38. The number of nitrogens with one attached hydrogen (secondary N) is 1. The van der Waals surface area contributed by atoms with Crippen molar-refractivity contribution in [3.8, 4) is 22.6 Å². The van der Waals surface area contributed by atoms with E-state index in [0.717, 1.165) is 18.2 Å². The van der Waals surface area contributed by atoms with E-state index >= 15 is 0 Å².